The second-order valence-corrected chi connectivity index (χ2v) is 7.36. The van der Waals surface area contributed by atoms with Gasteiger partial charge in [0.15, 0.2) is 0 Å². The molecular formula is C24H18ClFN2O3. The van der Waals surface area contributed by atoms with Gasteiger partial charge in [0.2, 0.25) is 0 Å². The molecule has 156 valence electrons. The number of para-hydroxylation sites is 1. The quantitative estimate of drug-likeness (QED) is 0.429. The first-order chi connectivity index (χ1) is 15.0. The third-order valence-corrected chi connectivity index (χ3v) is 5.03. The smallest absolute Gasteiger partial charge is 0.329 e. The predicted molar refractivity (Wildman–Crippen MR) is 116 cm³/mol. The van der Waals surface area contributed by atoms with Crippen LogP contribution in [0.4, 0.5) is 9.18 Å². The molecule has 3 aromatic carbocycles. The van der Waals surface area contributed by atoms with E-state index in [0.717, 1.165) is 10.5 Å². The van der Waals surface area contributed by atoms with Gasteiger partial charge in [-0.3, -0.25) is 9.69 Å². The Labute approximate surface area is 183 Å². The Balaban J connectivity index is 1.52. The summed E-state index contributed by atoms with van der Waals surface area (Å²) in [6.45, 7) is 0.167. The summed E-state index contributed by atoms with van der Waals surface area (Å²) >= 11 is 5.91. The van der Waals surface area contributed by atoms with Crippen molar-refractivity contribution >= 4 is 29.6 Å². The molecule has 7 heteroatoms. The van der Waals surface area contributed by atoms with Crippen molar-refractivity contribution in [1.82, 2.24) is 10.2 Å². The molecule has 0 unspecified atom stereocenters. The van der Waals surface area contributed by atoms with Crippen molar-refractivity contribution in [2.45, 2.75) is 13.2 Å². The molecule has 0 radical (unpaired) electrons. The van der Waals surface area contributed by atoms with E-state index in [-0.39, 0.29) is 17.8 Å². The molecule has 5 nitrogen and oxygen atoms in total. The molecule has 3 amide bonds. The Morgan fingerprint density at radius 3 is 2.45 bits per heavy atom. The molecular weight excluding hydrogens is 419 g/mol. The van der Waals surface area contributed by atoms with Crippen molar-refractivity contribution in [2.75, 3.05) is 0 Å². The number of hydrogen-bond donors (Lipinski definition) is 1. The van der Waals surface area contributed by atoms with Gasteiger partial charge in [-0.05, 0) is 35.9 Å². The maximum atomic E-state index is 13.9. The van der Waals surface area contributed by atoms with E-state index in [0.29, 0.717) is 22.9 Å². The Kier molecular flexibility index (Phi) is 6.00. The second kappa shape index (κ2) is 9.02. The van der Waals surface area contributed by atoms with Gasteiger partial charge >= 0.3 is 6.03 Å². The highest BCUT2D eigenvalue weighted by Crippen LogP contribution is 2.25. The van der Waals surface area contributed by atoms with Crippen molar-refractivity contribution in [2.24, 2.45) is 0 Å². The van der Waals surface area contributed by atoms with Crippen LogP contribution in [0.15, 0.2) is 78.5 Å². The predicted octanol–water partition coefficient (Wildman–Crippen LogP) is 5.15. The Hall–Kier alpha value is -3.64. The van der Waals surface area contributed by atoms with E-state index in [4.69, 9.17) is 16.3 Å². The van der Waals surface area contributed by atoms with E-state index < -0.39 is 17.8 Å². The van der Waals surface area contributed by atoms with Crippen molar-refractivity contribution in [1.29, 1.82) is 0 Å². The molecule has 0 atom stereocenters. The topological polar surface area (TPSA) is 58.6 Å². The molecule has 0 saturated carbocycles. The highest BCUT2D eigenvalue weighted by molar-refractivity contribution is 6.30. The summed E-state index contributed by atoms with van der Waals surface area (Å²) in [5.74, 6) is -0.443. The average Bonchev–Trinajstić information content (AvgIpc) is 3.03. The number of urea groups is 1. The molecule has 3 aromatic rings. The Bertz CT molecular complexity index is 1160. The number of imide groups is 1. The van der Waals surface area contributed by atoms with Crippen LogP contribution < -0.4 is 10.1 Å². The molecule has 1 heterocycles. The van der Waals surface area contributed by atoms with Crippen LogP contribution in [0.5, 0.6) is 5.75 Å². The summed E-state index contributed by atoms with van der Waals surface area (Å²) in [6, 6.07) is 19.9. The van der Waals surface area contributed by atoms with Gasteiger partial charge in [0.25, 0.3) is 5.91 Å². The number of hydrogen-bond acceptors (Lipinski definition) is 3. The lowest BCUT2D eigenvalue weighted by molar-refractivity contribution is -0.123. The zero-order chi connectivity index (χ0) is 21.8. The fourth-order valence-electron chi connectivity index (χ4n) is 3.14. The molecule has 31 heavy (non-hydrogen) atoms. The number of rotatable bonds is 6. The van der Waals surface area contributed by atoms with E-state index >= 15 is 0 Å². The lowest BCUT2D eigenvalue weighted by atomic mass is 10.1. The summed E-state index contributed by atoms with van der Waals surface area (Å²) in [7, 11) is 0. The summed E-state index contributed by atoms with van der Waals surface area (Å²) in [6.07, 6.45) is 1.55. The third-order valence-electron chi connectivity index (χ3n) is 4.78. The number of halogens is 2. The molecule has 1 fully saturated rings. The molecule has 1 saturated heterocycles. The molecule has 0 aromatic heterocycles. The highest BCUT2D eigenvalue weighted by Gasteiger charge is 2.34. The molecule has 4 rings (SSSR count). The number of nitrogens with zero attached hydrogens (tertiary/aromatic N) is 1. The van der Waals surface area contributed by atoms with Crippen molar-refractivity contribution in [3.05, 3.63) is 106 Å². The maximum absolute atomic E-state index is 13.9. The van der Waals surface area contributed by atoms with Crippen LogP contribution in [-0.4, -0.2) is 16.8 Å². The largest absolute Gasteiger partial charge is 0.488 e. The Morgan fingerprint density at radius 2 is 1.68 bits per heavy atom. The summed E-state index contributed by atoms with van der Waals surface area (Å²) in [5.41, 5.74) is 1.93. The molecule has 1 aliphatic heterocycles. The van der Waals surface area contributed by atoms with Crippen LogP contribution in [-0.2, 0) is 17.9 Å². The SMILES string of the molecule is O=C1N/C(=C/c2ccccc2OCc2ccc(Cl)cc2)C(=O)N1Cc1ccccc1F. The van der Waals surface area contributed by atoms with Crippen LogP contribution in [0.3, 0.4) is 0 Å². The van der Waals surface area contributed by atoms with E-state index in [1.54, 1.807) is 48.5 Å². The monoisotopic (exact) mass is 436 g/mol. The minimum Gasteiger partial charge on any atom is -0.488 e. The third kappa shape index (κ3) is 4.75. The zero-order valence-electron chi connectivity index (χ0n) is 16.3. The van der Waals surface area contributed by atoms with Crippen molar-refractivity contribution in [3.63, 3.8) is 0 Å². The lowest BCUT2D eigenvalue weighted by Crippen LogP contribution is -2.30. The number of carbonyl (C=O) groups is 2. The van der Waals surface area contributed by atoms with Gasteiger partial charge in [0.1, 0.15) is 23.9 Å². The van der Waals surface area contributed by atoms with E-state index in [1.165, 1.54) is 12.1 Å². The van der Waals surface area contributed by atoms with Crippen LogP contribution >= 0.6 is 11.6 Å². The summed E-state index contributed by atoms with van der Waals surface area (Å²) < 4.78 is 19.8. The van der Waals surface area contributed by atoms with Crippen LogP contribution in [0.2, 0.25) is 5.02 Å². The normalized spacial score (nSPS) is 14.8. The number of ether oxygens (including phenoxy) is 1. The van der Waals surface area contributed by atoms with Gasteiger partial charge < -0.3 is 10.1 Å². The van der Waals surface area contributed by atoms with Gasteiger partial charge in [-0.2, -0.15) is 0 Å². The fraction of sp³-hybridized carbons (Fsp3) is 0.0833. The standard InChI is InChI=1S/C24H18ClFN2O3/c25-19-11-9-16(10-12-19)15-31-22-8-4-2-5-17(22)13-21-23(29)28(24(30)27-21)14-18-6-1-3-7-20(18)26/h1-13H,14-15H2,(H,27,30)/b21-13+. The molecule has 0 spiro atoms. The van der Waals surface area contributed by atoms with E-state index in [9.17, 15) is 14.0 Å². The van der Waals surface area contributed by atoms with Crippen LogP contribution in [0, 0.1) is 5.82 Å². The number of amides is 3. The summed E-state index contributed by atoms with van der Waals surface area (Å²) in [5, 5.41) is 3.20. The highest BCUT2D eigenvalue weighted by atomic mass is 35.5. The van der Waals surface area contributed by atoms with Crippen molar-refractivity contribution < 1.29 is 18.7 Å². The zero-order valence-corrected chi connectivity index (χ0v) is 17.1. The molecule has 0 aliphatic carbocycles. The van der Waals surface area contributed by atoms with Crippen molar-refractivity contribution in [3.8, 4) is 5.75 Å². The van der Waals surface area contributed by atoms with E-state index in [2.05, 4.69) is 5.32 Å². The summed E-state index contributed by atoms with van der Waals surface area (Å²) in [4.78, 5) is 26.0. The van der Waals surface area contributed by atoms with Gasteiger partial charge in [-0.25, -0.2) is 9.18 Å². The van der Waals surface area contributed by atoms with Gasteiger partial charge in [0, 0.05) is 16.1 Å². The average molecular weight is 437 g/mol. The first kappa shape index (κ1) is 20.6. The Morgan fingerprint density at radius 1 is 0.968 bits per heavy atom. The number of carbonyl (C=O) groups excluding carboxylic acids is 2. The van der Waals surface area contributed by atoms with Gasteiger partial charge in [-0.15, -0.1) is 0 Å². The molecule has 1 aliphatic rings. The molecule has 0 bridgehead atoms. The van der Waals surface area contributed by atoms with E-state index in [1.807, 2.05) is 18.2 Å². The first-order valence-corrected chi connectivity index (χ1v) is 9.93. The maximum Gasteiger partial charge on any atom is 0.329 e. The second-order valence-electron chi connectivity index (χ2n) is 6.92. The minimum absolute atomic E-state index is 0.101. The van der Waals surface area contributed by atoms with Gasteiger partial charge in [0.05, 0.1) is 6.54 Å². The van der Waals surface area contributed by atoms with Gasteiger partial charge in [-0.1, -0.05) is 60.1 Å². The van der Waals surface area contributed by atoms with Crippen LogP contribution in [0.25, 0.3) is 6.08 Å². The fourth-order valence-corrected chi connectivity index (χ4v) is 3.27. The molecule has 1 N–H and O–H groups in total. The lowest BCUT2D eigenvalue weighted by Gasteiger charge is -2.12. The first-order valence-electron chi connectivity index (χ1n) is 9.55. The number of nitrogens with one attached hydrogen (secondary N) is 1. The minimum atomic E-state index is -0.598. The number of benzene rings is 3. The van der Waals surface area contributed by atoms with Crippen LogP contribution in [0.1, 0.15) is 16.7 Å².